The molecule has 1 aromatic heterocycles. The van der Waals surface area contributed by atoms with Crippen molar-refractivity contribution in [2.45, 2.75) is 17.4 Å². The molecule has 6 heteroatoms. The number of carbonyl (C=O) groups is 1. The van der Waals surface area contributed by atoms with Gasteiger partial charge >= 0.3 is 0 Å². The highest BCUT2D eigenvalue weighted by atomic mass is 79.9. The highest BCUT2D eigenvalue weighted by Crippen LogP contribution is 2.36. The van der Waals surface area contributed by atoms with E-state index in [1.165, 1.54) is 23.5 Å². The normalized spacial score (nSPS) is 17.6. The molecule has 0 radical (unpaired) electrons. The number of fused-ring (bicyclic) bond motifs is 1. The van der Waals surface area contributed by atoms with Gasteiger partial charge < -0.3 is 5.32 Å². The summed E-state index contributed by atoms with van der Waals surface area (Å²) in [6.45, 7) is 0. The summed E-state index contributed by atoms with van der Waals surface area (Å²) in [6, 6.07) is 8.30. The molecule has 1 amide bonds. The van der Waals surface area contributed by atoms with E-state index >= 15 is 0 Å². The monoisotopic (exact) mass is 371 g/mol. The van der Waals surface area contributed by atoms with Crippen molar-refractivity contribution in [3.8, 4) is 0 Å². The summed E-state index contributed by atoms with van der Waals surface area (Å²) in [5.74, 6) is 0.565. The lowest BCUT2D eigenvalue weighted by atomic mass is 10.0. The molecule has 2 heterocycles. The van der Waals surface area contributed by atoms with Gasteiger partial charge in [0.15, 0.2) is 0 Å². The van der Waals surface area contributed by atoms with Crippen LogP contribution in [0.1, 0.15) is 27.7 Å². The Balaban J connectivity index is 1.82. The van der Waals surface area contributed by atoms with E-state index < -0.39 is 0 Å². The number of thioether (sulfide) groups is 1. The van der Waals surface area contributed by atoms with Gasteiger partial charge in [-0.25, -0.2) is 4.39 Å². The molecule has 0 saturated heterocycles. The van der Waals surface area contributed by atoms with E-state index in [1.54, 1.807) is 23.9 Å². The predicted molar refractivity (Wildman–Crippen MR) is 84.0 cm³/mol. The standard InChI is InChI=1S/C14H11BrFNOS2/c15-13-4-3-12(20-13)14(18)17-10-5-6-19-11-2-1-8(16)7-9(10)11/h1-4,7,10H,5-6H2,(H,17,18). The fourth-order valence-corrected chi connectivity index (χ4v) is 4.58. The van der Waals surface area contributed by atoms with Gasteiger partial charge in [0, 0.05) is 10.6 Å². The van der Waals surface area contributed by atoms with Gasteiger partial charge in [0.2, 0.25) is 0 Å². The molecule has 104 valence electrons. The van der Waals surface area contributed by atoms with Crippen LogP contribution in [-0.4, -0.2) is 11.7 Å². The Morgan fingerprint density at radius 1 is 1.35 bits per heavy atom. The second-order valence-corrected chi connectivity index (χ2v) is 8.05. The fraction of sp³-hybridized carbons (Fsp3) is 0.214. The third-order valence-electron chi connectivity index (χ3n) is 3.11. The first-order chi connectivity index (χ1) is 9.63. The molecule has 1 aliphatic heterocycles. The molecular formula is C14H11BrFNOS2. The average molecular weight is 372 g/mol. The van der Waals surface area contributed by atoms with E-state index in [0.717, 1.165) is 26.4 Å². The Bertz CT molecular complexity index is 658. The van der Waals surface area contributed by atoms with Crippen LogP contribution >= 0.6 is 39.0 Å². The average Bonchev–Trinajstić information content (AvgIpc) is 2.86. The third kappa shape index (κ3) is 2.92. The molecule has 20 heavy (non-hydrogen) atoms. The fourth-order valence-electron chi connectivity index (χ4n) is 2.18. The van der Waals surface area contributed by atoms with Crippen LogP contribution in [0, 0.1) is 5.82 Å². The molecule has 2 aromatic rings. The molecule has 1 atom stereocenters. The summed E-state index contributed by atoms with van der Waals surface area (Å²) < 4.78 is 14.3. The lowest BCUT2D eigenvalue weighted by Gasteiger charge is -2.25. The largest absolute Gasteiger partial charge is 0.344 e. The number of halogens is 2. The number of amides is 1. The van der Waals surface area contributed by atoms with Crippen molar-refractivity contribution in [2.75, 3.05) is 5.75 Å². The maximum atomic E-state index is 13.4. The molecule has 3 rings (SSSR count). The summed E-state index contributed by atoms with van der Waals surface area (Å²) in [4.78, 5) is 13.9. The van der Waals surface area contributed by atoms with Crippen LogP contribution in [0.4, 0.5) is 4.39 Å². The molecule has 1 aromatic carbocycles. The van der Waals surface area contributed by atoms with E-state index in [2.05, 4.69) is 21.2 Å². The molecule has 0 bridgehead atoms. The van der Waals surface area contributed by atoms with Crippen molar-refractivity contribution in [3.63, 3.8) is 0 Å². The van der Waals surface area contributed by atoms with Gasteiger partial charge in [-0.2, -0.15) is 0 Å². The number of rotatable bonds is 2. The zero-order valence-corrected chi connectivity index (χ0v) is 13.6. The Morgan fingerprint density at radius 3 is 2.95 bits per heavy atom. The number of carbonyl (C=O) groups excluding carboxylic acids is 1. The van der Waals surface area contributed by atoms with E-state index in [0.29, 0.717) is 4.88 Å². The van der Waals surface area contributed by atoms with E-state index in [4.69, 9.17) is 0 Å². The summed E-state index contributed by atoms with van der Waals surface area (Å²) in [7, 11) is 0. The number of nitrogens with one attached hydrogen (secondary N) is 1. The second kappa shape index (κ2) is 5.87. The highest BCUT2D eigenvalue weighted by Gasteiger charge is 2.23. The lowest BCUT2D eigenvalue weighted by Crippen LogP contribution is -2.30. The van der Waals surface area contributed by atoms with Crippen molar-refractivity contribution < 1.29 is 9.18 Å². The first kappa shape index (κ1) is 14.1. The van der Waals surface area contributed by atoms with Gasteiger partial charge in [-0.1, -0.05) is 0 Å². The van der Waals surface area contributed by atoms with Gasteiger partial charge in [-0.05, 0) is 58.2 Å². The minimum absolute atomic E-state index is 0.104. The third-order valence-corrected chi connectivity index (χ3v) is 5.86. The van der Waals surface area contributed by atoms with E-state index in [1.807, 2.05) is 6.07 Å². The Morgan fingerprint density at radius 2 is 2.20 bits per heavy atom. The summed E-state index contributed by atoms with van der Waals surface area (Å²) in [5, 5.41) is 3.00. The smallest absolute Gasteiger partial charge is 0.261 e. The van der Waals surface area contributed by atoms with Crippen molar-refractivity contribution in [1.29, 1.82) is 0 Å². The summed E-state index contributed by atoms with van der Waals surface area (Å²) >= 11 is 6.45. The molecule has 1 N–H and O–H groups in total. The Kier molecular flexibility index (Phi) is 4.14. The van der Waals surface area contributed by atoms with Crippen molar-refractivity contribution in [2.24, 2.45) is 0 Å². The predicted octanol–water partition coefficient (Wildman–Crippen LogP) is 4.62. The summed E-state index contributed by atoms with van der Waals surface area (Å²) in [5.41, 5.74) is 0.880. The maximum absolute atomic E-state index is 13.4. The van der Waals surface area contributed by atoms with Gasteiger partial charge in [0.25, 0.3) is 5.91 Å². The molecule has 1 aliphatic rings. The lowest BCUT2D eigenvalue weighted by molar-refractivity contribution is 0.0939. The SMILES string of the molecule is O=C(NC1CCSc2ccc(F)cc21)c1ccc(Br)s1. The van der Waals surface area contributed by atoms with Crippen molar-refractivity contribution in [1.82, 2.24) is 5.32 Å². The highest BCUT2D eigenvalue weighted by molar-refractivity contribution is 9.11. The number of thiophene rings is 1. The van der Waals surface area contributed by atoms with Crippen LogP contribution in [0.25, 0.3) is 0 Å². The molecular weight excluding hydrogens is 361 g/mol. The molecule has 0 aliphatic carbocycles. The van der Waals surface area contributed by atoms with Crippen LogP contribution in [0.5, 0.6) is 0 Å². The van der Waals surface area contributed by atoms with Crippen LogP contribution in [-0.2, 0) is 0 Å². The number of hydrogen-bond acceptors (Lipinski definition) is 3. The van der Waals surface area contributed by atoms with E-state index in [-0.39, 0.29) is 17.8 Å². The molecule has 0 fully saturated rings. The molecule has 0 spiro atoms. The van der Waals surface area contributed by atoms with Crippen LogP contribution in [0.2, 0.25) is 0 Å². The van der Waals surface area contributed by atoms with Gasteiger partial charge in [-0.15, -0.1) is 23.1 Å². The van der Waals surface area contributed by atoms with Gasteiger partial charge in [0.1, 0.15) is 5.82 Å². The van der Waals surface area contributed by atoms with Gasteiger partial charge in [0.05, 0.1) is 14.7 Å². The zero-order valence-electron chi connectivity index (χ0n) is 10.4. The van der Waals surface area contributed by atoms with Gasteiger partial charge in [-0.3, -0.25) is 4.79 Å². The molecule has 2 nitrogen and oxygen atoms in total. The minimum Gasteiger partial charge on any atom is -0.344 e. The van der Waals surface area contributed by atoms with Crippen LogP contribution < -0.4 is 5.32 Å². The molecule has 0 saturated carbocycles. The minimum atomic E-state index is -0.260. The Labute approximate surface area is 132 Å². The van der Waals surface area contributed by atoms with Crippen LogP contribution in [0.3, 0.4) is 0 Å². The van der Waals surface area contributed by atoms with Crippen molar-refractivity contribution in [3.05, 3.63) is 50.4 Å². The Hall–Kier alpha value is -0.850. The number of hydrogen-bond donors (Lipinski definition) is 1. The quantitative estimate of drug-likeness (QED) is 0.834. The second-order valence-electron chi connectivity index (χ2n) is 4.45. The van der Waals surface area contributed by atoms with E-state index in [9.17, 15) is 9.18 Å². The number of benzene rings is 1. The first-order valence-corrected chi connectivity index (χ1v) is 8.71. The van der Waals surface area contributed by atoms with Crippen LogP contribution in [0.15, 0.2) is 39.0 Å². The summed E-state index contributed by atoms with van der Waals surface area (Å²) in [6.07, 6.45) is 0.819. The van der Waals surface area contributed by atoms with Crippen molar-refractivity contribution >= 4 is 44.9 Å². The molecule has 1 unspecified atom stereocenters. The first-order valence-electron chi connectivity index (χ1n) is 6.12. The topological polar surface area (TPSA) is 29.1 Å². The zero-order chi connectivity index (χ0) is 14.1. The maximum Gasteiger partial charge on any atom is 0.261 e.